The molecule has 2 aliphatic heterocycles. The molecule has 2 rings (SSSR count). The van der Waals surface area contributed by atoms with E-state index < -0.39 is 9.84 Å². The van der Waals surface area contributed by atoms with Crippen LogP contribution in [0.1, 0.15) is 25.7 Å². The van der Waals surface area contributed by atoms with Gasteiger partial charge < -0.3 is 0 Å². The van der Waals surface area contributed by atoms with E-state index in [0.29, 0.717) is 0 Å². The zero-order valence-electron chi connectivity index (χ0n) is 6.16. The lowest BCUT2D eigenvalue weighted by Gasteiger charge is -2.23. The zero-order valence-corrected chi connectivity index (χ0v) is 7.74. The van der Waals surface area contributed by atoms with E-state index in [1.165, 1.54) is 0 Å². The number of hydrogen-bond donors (Lipinski definition) is 0. The standard InChI is InChI=1S/C7H11ClO2S/c8-6-3-1-5-2-4-7(6)11(5,9)10/h5-7H,1-4H2/t5-,6+,7-/m0/s1. The van der Waals surface area contributed by atoms with Crippen molar-refractivity contribution in [2.24, 2.45) is 0 Å². The Labute approximate surface area is 71.8 Å². The van der Waals surface area contributed by atoms with Gasteiger partial charge in [0.05, 0.1) is 15.9 Å². The normalized spacial score (nSPS) is 47.5. The first-order valence-corrected chi connectivity index (χ1v) is 6.04. The van der Waals surface area contributed by atoms with Crippen LogP contribution >= 0.6 is 11.6 Å². The molecule has 2 saturated heterocycles. The Morgan fingerprint density at radius 2 is 1.73 bits per heavy atom. The first-order valence-electron chi connectivity index (χ1n) is 3.99. The molecule has 0 aliphatic carbocycles. The fourth-order valence-electron chi connectivity index (χ4n) is 2.15. The minimum Gasteiger partial charge on any atom is -0.228 e. The molecule has 0 aromatic rings. The van der Waals surface area contributed by atoms with Crippen molar-refractivity contribution in [2.75, 3.05) is 0 Å². The summed E-state index contributed by atoms with van der Waals surface area (Å²) in [6.45, 7) is 0. The second kappa shape index (κ2) is 2.36. The maximum absolute atomic E-state index is 11.5. The van der Waals surface area contributed by atoms with Gasteiger partial charge in [0.15, 0.2) is 9.84 Å². The summed E-state index contributed by atoms with van der Waals surface area (Å²) < 4.78 is 23.0. The Morgan fingerprint density at radius 1 is 1.09 bits per heavy atom. The molecule has 0 radical (unpaired) electrons. The molecular formula is C7H11ClO2S. The van der Waals surface area contributed by atoms with E-state index in [9.17, 15) is 8.42 Å². The number of sulfone groups is 1. The number of alkyl halides is 1. The SMILES string of the molecule is O=S1(=O)[C@H]2CC[C@@H](Cl)[C@@H]1CC2. The summed E-state index contributed by atoms with van der Waals surface area (Å²) in [5.74, 6) is 0. The van der Waals surface area contributed by atoms with Gasteiger partial charge in [-0.3, -0.25) is 0 Å². The quantitative estimate of drug-likeness (QED) is 0.546. The highest BCUT2D eigenvalue weighted by Gasteiger charge is 2.47. The summed E-state index contributed by atoms with van der Waals surface area (Å²) >= 11 is 5.91. The predicted molar refractivity (Wildman–Crippen MR) is 44.6 cm³/mol. The highest BCUT2D eigenvalue weighted by atomic mass is 35.5. The number of rotatable bonds is 0. The molecule has 2 fully saturated rings. The fourth-order valence-corrected chi connectivity index (χ4v) is 5.27. The minimum absolute atomic E-state index is 0.0532. The Bertz CT molecular complexity index is 260. The van der Waals surface area contributed by atoms with Gasteiger partial charge in [0.25, 0.3) is 0 Å². The van der Waals surface area contributed by atoms with Crippen molar-refractivity contribution in [1.82, 2.24) is 0 Å². The van der Waals surface area contributed by atoms with Gasteiger partial charge in [0.2, 0.25) is 0 Å². The van der Waals surface area contributed by atoms with Crippen LogP contribution in [0.15, 0.2) is 0 Å². The van der Waals surface area contributed by atoms with Crippen molar-refractivity contribution in [3.63, 3.8) is 0 Å². The van der Waals surface area contributed by atoms with E-state index in [0.717, 1.165) is 25.7 Å². The van der Waals surface area contributed by atoms with E-state index in [4.69, 9.17) is 11.6 Å². The molecule has 0 amide bonds. The van der Waals surface area contributed by atoms with Crippen LogP contribution in [-0.2, 0) is 9.84 Å². The number of halogens is 1. The maximum Gasteiger partial charge on any atom is 0.157 e. The van der Waals surface area contributed by atoms with Crippen LogP contribution < -0.4 is 0 Å². The summed E-state index contributed by atoms with van der Waals surface area (Å²) in [4.78, 5) is 0. The van der Waals surface area contributed by atoms with Crippen LogP contribution in [0.2, 0.25) is 0 Å². The van der Waals surface area contributed by atoms with Gasteiger partial charge >= 0.3 is 0 Å². The molecule has 0 N–H and O–H groups in total. The second-order valence-corrected chi connectivity index (χ2v) is 6.43. The average molecular weight is 195 g/mol. The monoisotopic (exact) mass is 194 g/mol. The van der Waals surface area contributed by atoms with Gasteiger partial charge in [-0.25, -0.2) is 8.42 Å². The van der Waals surface area contributed by atoms with Crippen LogP contribution in [0.4, 0.5) is 0 Å². The lowest BCUT2D eigenvalue weighted by molar-refractivity contribution is 0.547. The summed E-state index contributed by atoms with van der Waals surface area (Å²) in [5, 5.41) is -0.385. The van der Waals surface area contributed by atoms with Crippen LogP contribution in [0.5, 0.6) is 0 Å². The molecule has 11 heavy (non-hydrogen) atoms. The molecule has 0 unspecified atom stereocenters. The molecule has 3 atom stereocenters. The van der Waals surface area contributed by atoms with Crippen LogP contribution in [0.3, 0.4) is 0 Å². The molecule has 0 spiro atoms. The molecule has 0 aromatic carbocycles. The Balaban J connectivity index is 2.39. The highest BCUT2D eigenvalue weighted by molar-refractivity contribution is 7.93. The third-order valence-electron chi connectivity index (χ3n) is 2.83. The third kappa shape index (κ3) is 1.01. The largest absolute Gasteiger partial charge is 0.228 e. The minimum atomic E-state index is -2.81. The third-order valence-corrected chi connectivity index (χ3v) is 6.31. The Hall–Kier alpha value is 0.240. The molecule has 64 valence electrons. The Morgan fingerprint density at radius 3 is 2.36 bits per heavy atom. The van der Waals surface area contributed by atoms with E-state index in [1.807, 2.05) is 0 Å². The fraction of sp³-hybridized carbons (Fsp3) is 1.00. The van der Waals surface area contributed by atoms with Crippen molar-refractivity contribution in [1.29, 1.82) is 0 Å². The predicted octanol–water partition coefficient (Wildman–Crippen LogP) is 1.33. The van der Waals surface area contributed by atoms with Crippen molar-refractivity contribution >= 4 is 21.4 Å². The maximum atomic E-state index is 11.5. The molecule has 0 aromatic heterocycles. The van der Waals surface area contributed by atoms with Gasteiger partial charge in [0.1, 0.15) is 0 Å². The lowest BCUT2D eigenvalue weighted by Crippen LogP contribution is -2.35. The summed E-state index contributed by atoms with van der Waals surface area (Å²) in [7, 11) is -2.81. The van der Waals surface area contributed by atoms with E-state index in [1.54, 1.807) is 0 Å². The molecule has 0 saturated carbocycles. The van der Waals surface area contributed by atoms with Crippen molar-refractivity contribution in [2.45, 2.75) is 41.6 Å². The van der Waals surface area contributed by atoms with Crippen LogP contribution in [0, 0.1) is 0 Å². The van der Waals surface area contributed by atoms with E-state index in [2.05, 4.69) is 0 Å². The van der Waals surface area contributed by atoms with Crippen molar-refractivity contribution in [3.05, 3.63) is 0 Å². The molecule has 2 aliphatic rings. The second-order valence-electron chi connectivity index (χ2n) is 3.42. The average Bonchev–Trinajstić information content (AvgIpc) is 2.15. The molecule has 2 bridgehead atoms. The van der Waals surface area contributed by atoms with Gasteiger partial charge in [-0.1, -0.05) is 0 Å². The van der Waals surface area contributed by atoms with Crippen molar-refractivity contribution in [3.8, 4) is 0 Å². The van der Waals surface area contributed by atoms with Gasteiger partial charge in [-0.15, -0.1) is 11.6 Å². The van der Waals surface area contributed by atoms with Gasteiger partial charge in [0, 0.05) is 0 Å². The highest BCUT2D eigenvalue weighted by Crippen LogP contribution is 2.40. The first-order chi connectivity index (χ1) is 5.12. The molecule has 2 nitrogen and oxygen atoms in total. The smallest absolute Gasteiger partial charge is 0.157 e. The topological polar surface area (TPSA) is 34.1 Å². The first kappa shape index (κ1) is 7.87. The lowest BCUT2D eigenvalue weighted by atomic mass is 10.2. The van der Waals surface area contributed by atoms with Gasteiger partial charge in [-0.05, 0) is 25.7 Å². The van der Waals surface area contributed by atoms with Gasteiger partial charge in [-0.2, -0.15) is 0 Å². The summed E-state index contributed by atoms with van der Waals surface area (Å²) in [5.41, 5.74) is 0. The molecule has 2 heterocycles. The number of fused-ring (bicyclic) bond motifs is 2. The summed E-state index contributed by atoms with van der Waals surface area (Å²) in [6.07, 6.45) is 3.31. The molecular weight excluding hydrogens is 184 g/mol. The van der Waals surface area contributed by atoms with E-state index in [-0.39, 0.29) is 15.9 Å². The zero-order chi connectivity index (χ0) is 8.06. The van der Waals surface area contributed by atoms with Crippen LogP contribution in [-0.4, -0.2) is 24.3 Å². The molecule has 4 heteroatoms. The van der Waals surface area contributed by atoms with E-state index >= 15 is 0 Å². The van der Waals surface area contributed by atoms with Crippen molar-refractivity contribution < 1.29 is 8.42 Å². The number of hydrogen-bond acceptors (Lipinski definition) is 2. The van der Waals surface area contributed by atoms with Crippen LogP contribution in [0.25, 0.3) is 0 Å². The Kier molecular flexibility index (Phi) is 1.69. The summed E-state index contributed by atoms with van der Waals surface area (Å²) in [6, 6.07) is 0.